The van der Waals surface area contributed by atoms with Crippen molar-refractivity contribution in [2.45, 2.75) is 26.4 Å². The minimum absolute atomic E-state index is 0.0619. The molecular formula is C15H22N2O2. The van der Waals surface area contributed by atoms with Crippen LogP contribution in [0.3, 0.4) is 0 Å². The molecule has 1 amide bonds. The highest BCUT2D eigenvalue weighted by atomic mass is 16.5. The topological polar surface area (TPSA) is 50.4 Å². The Labute approximate surface area is 114 Å². The molecule has 1 rings (SSSR count). The summed E-state index contributed by atoms with van der Waals surface area (Å²) in [6, 6.07) is 7.62. The van der Waals surface area contributed by atoms with Gasteiger partial charge in [0.25, 0.3) is 0 Å². The Morgan fingerprint density at radius 3 is 3.00 bits per heavy atom. The third-order valence-electron chi connectivity index (χ3n) is 2.64. The molecule has 2 N–H and O–H groups in total. The summed E-state index contributed by atoms with van der Waals surface area (Å²) >= 11 is 0. The highest BCUT2D eigenvalue weighted by Crippen LogP contribution is 2.18. The van der Waals surface area contributed by atoms with Gasteiger partial charge in [-0.3, -0.25) is 4.79 Å². The van der Waals surface area contributed by atoms with E-state index >= 15 is 0 Å². The number of hydrogen-bond acceptors (Lipinski definition) is 3. The highest BCUT2D eigenvalue weighted by molar-refractivity contribution is 5.80. The quantitative estimate of drug-likeness (QED) is 0.708. The molecule has 19 heavy (non-hydrogen) atoms. The molecule has 0 aliphatic rings. The van der Waals surface area contributed by atoms with Gasteiger partial charge in [-0.05, 0) is 25.5 Å². The van der Waals surface area contributed by atoms with E-state index in [1.54, 1.807) is 6.08 Å². The number of rotatable bonds is 8. The van der Waals surface area contributed by atoms with Crippen LogP contribution in [0.1, 0.15) is 20.3 Å². The zero-order valence-corrected chi connectivity index (χ0v) is 11.6. The first-order valence-corrected chi connectivity index (χ1v) is 6.54. The van der Waals surface area contributed by atoms with Crippen molar-refractivity contribution in [2.24, 2.45) is 0 Å². The lowest BCUT2D eigenvalue weighted by molar-refractivity contribution is -0.119. The predicted molar refractivity (Wildman–Crippen MR) is 78.5 cm³/mol. The number of carbonyl (C=O) groups is 1. The van der Waals surface area contributed by atoms with Crippen molar-refractivity contribution >= 4 is 11.6 Å². The van der Waals surface area contributed by atoms with Crippen molar-refractivity contribution in [3.8, 4) is 5.75 Å². The van der Waals surface area contributed by atoms with Crippen LogP contribution in [-0.2, 0) is 4.79 Å². The van der Waals surface area contributed by atoms with Gasteiger partial charge >= 0.3 is 0 Å². The molecule has 4 nitrogen and oxygen atoms in total. The van der Waals surface area contributed by atoms with Crippen LogP contribution in [0, 0.1) is 0 Å². The average molecular weight is 262 g/mol. The Bertz CT molecular complexity index is 418. The third kappa shape index (κ3) is 5.95. The van der Waals surface area contributed by atoms with E-state index in [2.05, 4.69) is 24.1 Å². The van der Waals surface area contributed by atoms with Crippen LogP contribution < -0.4 is 15.4 Å². The number of anilines is 1. The first-order chi connectivity index (χ1) is 9.15. The summed E-state index contributed by atoms with van der Waals surface area (Å²) in [6.45, 7) is 8.38. The molecule has 1 aromatic carbocycles. The number of hydrogen-bond donors (Lipinski definition) is 2. The Morgan fingerprint density at radius 1 is 1.53 bits per heavy atom. The maximum Gasteiger partial charge on any atom is 0.239 e. The molecule has 0 aromatic heterocycles. The molecule has 4 heteroatoms. The minimum atomic E-state index is -0.0619. The molecule has 1 unspecified atom stereocenters. The van der Waals surface area contributed by atoms with E-state index in [1.807, 2.05) is 31.2 Å². The summed E-state index contributed by atoms with van der Waals surface area (Å²) < 4.78 is 5.72. The molecule has 0 saturated carbocycles. The van der Waals surface area contributed by atoms with Crippen LogP contribution in [-0.4, -0.2) is 25.1 Å². The van der Waals surface area contributed by atoms with E-state index in [1.165, 1.54) is 0 Å². The van der Waals surface area contributed by atoms with Crippen molar-refractivity contribution in [2.75, 3.05) is 18.4 Å². The second-order valence-electron chi connectivity index (χ2n) is 4.31. The van der Waals surface area contributed by atoms with Gasteiger partial charge in [-0.1, -0.05) is 19.1 Å². The molecule has 1 aromatic rings. The van der Waals surface area contributed by atoms with Gasteiger partial charge in [0.2, 0.25) is 5.91 Å². The Morgan fingerprint density at radius 2 is 2.32 bits per heavy atom. The van der Waals surface area contributed by atoms with E-state index in [-0.39, 0.29) is 18.6 Å². The van der Waals surface area contributed by atoms with Crippen LogP contribution in [0.25, 0.3) is 0 Å². The molecule has 0 aliphatic carbocycles. The fourth-order valence-electron chi connectivity index (χ4n) is 1.43. The first-order valence-electron chi connectivity index (χ1n) is 6.54. The Balaban J connectivity index is 2.47. The standard InChI is InChI=1S/C15H22N2O2/c1-4-9-16-15(18)11-17-13-7-6-8-14(10-13)19-12(3)5-2/h4,6-8,10,12,17H,1,5,9,11H2,2-3H3,(H,16,18). The van der Waals surface area contributed by atoms with Crippen LogP contribution in [0.5, 0.6) is 5.75 Å². The molecular weight excluding hydrogens is 240 g/mol. The molecule has 0 heterocycles. The van der Waals surface area contributed by atoms with Crippen molar-refractivity contribution < 1.29 is 9.53 Å². The zero-order valence-electron chi connectivity index (χ0n) is 11.6. The van der Waals surface area contributed by atoms with Gasteiger partial charge < -0.3 is 15.4 Å². The van der Waals surface area contributed by atoms with E-state index in [0.29, 0.717) is 6.54 Å². The van der Waals surface area contributed by atoms with Crippen LogP contribution in [0.15, 0.2) is 36.9 Å². The fourth-order valence-corrected chi connectivity index (χ4v) is 1.43. The van der Waals surface area contributed by atoms with E-state index in [0.717, 1.165) is 17.9 Å². The van der Waals surface area contributed by atoms with Crippen molar-refractivity contribution in [3.63, 3.8) is 0 Å². The largest absolute Gasteiger partial charge is 0.491 e. The van der Waals surface area contributed by atoms with Crippen molar-refractivity contribution in [3.05, 3.63) is 36.9 Å². The molecule has 0 spiro atoms. The van der Waals surface area contributed by atoms with E-state index in [4.69, 9.17) is 4.74 Å². The van der Waals surface area contributed by atoms with Gasteiger partial charge in [0.05, 0.1) is 12.6 Å². The Kier molecular flexibility index (Phi) is 6.50. The lowest BCUT2D eigenvalue weighted by Gasteiger charge is -2.14. The third-order valence-corrected chi connectivity index (χ3v) is 2.64. The number of amides is 1. The summed E-state index contributed by atoms with van der Waals surface area (Å²) in [5, 5.41) is 5.77. The number of carbonyl (C=O) groups excluding carboxylic acids is 1. The maximum atomic E-state index is 11.4. The number of ether oxygens (including phenoxy) is 1. The molecule has 0 saturated heterocycles. The molecule has 1 atom stereocenters. The molecule has 0 fully saturated rings. The molecule has 0 radical (unpaired) electrons. The molecule has 0 bridgehead atoms. The van der Waals surface area contributed by atoms with E-state index in [9.17, 15) is 4.79 Å². The van der Waals surface area contributed by atoms with Gasteiger partial charge in [0.15, 0.2) is 0 Å². The fraction of sp³-hybridized carbons (Fsp3) is 0.400. The SMILES string of the molecule is C=CCNC(=O)CNc1cccc(OC(C)CC)c1. The second-order valence-corrected chi connectivity index (χ2v) is 4.31. The smallest absolute Gasteiger partial charge is 0.239 e. The summed E-state index contributed by atoms with van der Waals surface area (Å²) in [6.07, 6.45) is 2.80. The zero-order chi connectivity index (χ0) is 14.1. The van der Waals surface area contributed by atoms with Gasteiger partial charge in [0, 0.05) is 18.3 Å². The van der Waals surface area contributed by atoms with E-state index < -0.39 is 0 Å². The summed E-state index contributed by atoms with van der Waals surface area (Å²) in [5.41, 5.74) is 0.870. The lowest BCUT2D eigenvalue weighted by atomic mass is 10.2. The predicted octanol–water partition coefficient (Wildman–Crippen LogP) is 2.58. The van der Waals surface area contributed by atoms with Crippen molar-refractivity contribution in [1.82, 2.24) is 5.32 Å². The molecule has 104 valence electrons. The van der Waals surface area contributed by atoms with Crippen LogP contribution in [0.2, 0.25) is 0 Å². The van der Waals surface area contributed by atoms with Gasteiger partial charge in [-0.2, -0.15) is 0 Å². The van der Waals surface area contributed by atoms with Crippen LogP contribution >= 0.6 is 0 Å². The minimum Gasteiger partial charge on any atom is -0.491 e. The van der Waals surface area contributed by atoms with Crippen LogP contribution in [0.4, 0.5) is 5.69 Å². The highest BCUT2D eigenvalue weighted by Gasteiger charge is 2.03. The first kappa shape index (κ1) is 15.1. The number of benzene rings is 1. The lowest BCUT2D eigenvalue weighted by Crippen LogP contribution is -2.29. The molecule has 0 aliphatic heterocycles. The maximum absolute atomic E-state index is 11.4. The second kappa shape index (κ2) is 8.19. The summed E-state index contributed by atoms with van der Waals surface area (Å²) in [4.78, 5) is 11.4. The monoisotopic (exact) mass is 262 g/mol. The van der Waals surface area contributed by atoms with Gasteiger partial charge in [-0.15, -0.1) is 6.58 Å². The van der Waals surface area contributed by atoms with Crippen molar-refractivity contribution in [1.29, 1.82) is 0 Å². The number of nitrogens with one attached hydrogen (secondary N) is 2. The Hall–Kier alpha value is -1.97. The van der Waals surface area contributed by atoms with Gasteiger partial charge in [-0.25, -0.2) is 0 Å². The average Bonchev–Trinajstić information content (AvgIpc) is 2.43. The normalized spacial score (nSPS) is 11.5. The summed E-state index contributed by atoms with van der Waals surface area (Å²) in [7, 11) is 0. The van der Waals surface area contributed by atoms with Gasteiger partial charge in [0.1, 0.15) is 5.75 Å². The summed E-state index contributed by atoms with van der Waals surface area (Å²) in [5.74, 6) is 0.749.